The van der Waals surface area contributed by atoms with Gasteiger partial charge < -0.3 is 14.4 Å². The molecule has 7 heteroatoms. The molecule has 1 heterocycles. The van der Waals surface area contributed by atoms with Crippen LogP contribution in [-0.4, -0.2) is 21.2 Å². The number of aromatic nitrogens is 2. The van der Waals surface area contributed by atoms with E-state index in [9.17, 15) is 4.79 Å². The van der Waals surface area contributed by atoms with Crippen molar-refractivity contribution in [2.45, 2.75) is 13.0 Å². The molecule has 0 aliphatic carbocycles. The maximum atomic E-state index is 10.6. The lowest BCUT2D eigenvalue weighted by Gasteiger charge is -2.10. The van der Waals surface area contributed by atoms with Gasteiger partial charge in [0.05, 0.1) is 0 Å². The minimum atomic E-state index is -1.25. The van der Waals surface area contributed by atoms with E-state index in [2.05, 4.69) is 10.1 Å². The Bertz CT molecular complexity index is 570. The van der Waals surface area contributed by atoms with Gasteiger partial charge in [0.1, 0.15) is 5.75 Å². The summed E-state index contributed by atoms with van der Waals surface area (Å²) >= 11 is 5.81. The fraction of sp³-hybridized carbons (Fsp3) is 0.182. The number of rotatable bonds is 4. The Balaban J connectivity index is 2.11. The zero-order valence-corrected chi connectivity index (χ0v) is 10.1. The van der Waals surface area contributed by atoms with Gasteiger partial charge in [0.2, 0.25) is 0 Å². The van der Waals surface area contributed by atoms with Crippen molar-refractivity contribution >= 4 is 17.6 Å². The molecule has 0 amide bonds. The van der Waals surface area contributed by atoms with E-state index in [4.69, 9.17) is 26.0 Å². The van der Waals surface area contributed by atoms with Gasteiger partial charge >= 0.3 is 5.97 Å². The molecule has 1 unspecified atom stereocenters. The molecule has 0 bridgehead atoms. The lowest BCUT2D eigenvalue weighted by Crippen LogP contribution is -2.05. The van der Waals surface area contributed by atoms with Crippen molar-refractivity contribution in [3.8, 4) is 5.75 Å². The predicted molar refractivity (Wildman–Crippen MR) is 61.8 cm³/mol. The third-order valence-corrected chi connectivity index (χ3v) is 2.32. The quantitative estimate of drug-likeness (QED) is 0.917. The molecule has 0 fully saturated rings. The van der Waals surface area contributed by atoms with Crippen LogP contribution in [0.1, 0.15) is 29.5 Å². The fourth-order valence-corrected chi connectivity index (χ4v) is 1.46. The van der Waals surface area contributed by atoms with E-state index in [0.29, 0.717) is 10.8 Å². The van der Waals surface area contributed by atoms with Gasteiger partial charge in [0, 0.05) is 5.02 Å². The molecule has 6 nitrogen and oxygen atoms in total. The number of carbonyl (C=O) groups is 1. The Morgan fingerprint density at radius 1 is 1.56 bits per heavy atom. The van der Waals surface area contributed by atoms with Crippen LogP contribution in [-0.2, 0) is 0 Å². The fourth-order valence-electron chi connectivity index (χ4n) is 1.28. The Labute approximate surface area is 107 Å². The van der Waals surface area contributed by atoms with Crippen LogP contribution in [0.25, 0.3) is 0 Å². The number of carboxylic acid groups (broad SMARTS) is 1. The SMILES string of the molecule is CC(Oc1cccc(Cl)c1)c1nc(C(=O)O)no1. The van der Waals surface area contributed by atoms with Gasteiger partial charge in [0.25, 0.3) is 11.7 Å². The molecule has 1 aromatic heterocycles. The van der Waals surface area contributed by atoms with E-state index in [1.807, 2.05) is 0 Å². The molecule has 1 atom stereocenters. The topological polar surface area (TPSA) is 85.5 Å². The first-order chi connectivity index (χ1) is 8.56. The lowest BCUT2D eigenvalue weighted by molar-refractivity contribution is 0.0680. The highest BCUT2D eigenvalue weighted by Gasteiger charge is 2.19. The highest BCUT2D eigenvalue weighted by molar-refractivity contribution is 6.30. The van der Waals surface area contributed by atoms with Crippen LogP contribution in [0, 0.1) is 0 Å². The average molecular weight is 269 g/mol. The molecule has 0 saturated carbocycles. The van der Waals surface area contributed by atoms with Crippen LogP contribution in [0.3, 0.4) is 0 Å². The van der Waals surface area contributed by atoms with Crippen LogP contribution in [0.15, 0.2) is 28.8 Å². The van der Waals surface area contributed by atoms with Gasteiger partial charge in [-0.1, -0.05) is 17.7 Å². The number of hydrogen-bond acceptors (Lipinski definition) is 5. The zero-order valence-electron chi connectivity index (χ0n) is 9.33. The number of carboxylic acids is 1. The highest BCUT2D eigenvalue weighted by atomic mass is 35.5. The molecule has 1 N–H and O–H groups in total. The largest absolute Gasteiger partial charge is 0.481 e. The third kappa shape index (κ3) is 2.78. The van der Waals surface area contributed by atoms with E-state index in [0.717, 1.165) is 0 Å². The van der Waals surface area contributed by atoms with Crippen molar-refractivity contribution in [1.29, 1.82) is 0 Å². The maximum Gasteiger partial charge on any atom is 0.377 e. The summed E-state index contributed by atoms with van der Waals surface area (Å²) in [6.07, 6.45) is -0.566. The number of ether oxygens (including phenoxy) is 1. The van der Waals surface area contributed by atoms with Crippen LogP contribution >= 0.6 is 11.6 Å². The highest BCUT2D eigenvalue weighted by Crippen LogP contribution is 2.23. The standard InChI is InChI=1S/C11H9ClN2O4/c1-6(10-13-9(11(15)16)14-18-10)17-8-4-2-3-7(12)5-8/h2-6H,1H3,(H,15,16). The van der Waals surface area contributed by atoms with E-state index in [-0.39, 0.29) is 5.89 Å². The number of nitrogens with zero attached hydrogens (tertiary/aromatic N) is 2. The van der Waals surface area contributed by atoms with Crippen LogP contribution < -0.4 is 4.74 Å². The van der Waals surface area contributed by atoms with Crippen molar-refractivity contribution in [1.82, 2.24) is 10.1 Å². The Hall–Kier alpha value is -2.08. The number of hydrogen-bond donors (Lipinski definition) is 1. The first-order valence-corrected chi connectivity index (χ1v) is 5.43. The summed E-state index contributed by atoms with van der Waals surface area (Å²) in [6, 6.07) is 6.80. The Kier molecular flexibility index (Phi) is 3.47. The van der Waals surface area contributed by atoms with E-state index in [1.165, 1.54) is 0 Å². The van der Waals surface area contributed by atoms with Crippen molar-refractivity contribution in [2.24, 2.45) is 0 Å². The summed E-state index contributed by atoms with van der Waals surface area (Å²) in [5.74, 6) is -1.02. The number of aromatic carboxylic acids is 1. The molecule has 18 heavy (non-hydrogen) atoms. The Morgan fingerprint density at radius 2 is 2.33 bits per heavy atom. The van der Waals surface area contributed by atoms with E-state index < -0.39 is 17.9 Å². The lowest BCUT2D eigenvalue weighted by atomic mass is 10.3. The molecule has 1 aromatic carbocycles. The normalized spacial score (nSPS) is 12.1. The molecule has 94 valence electrons. The zero-order chi connectivity index (χ0) is 13.1. The second-order valence-corrected chi connectivity index (χ2v) is 3.92. The summed E-state index contributed by atoms with van der Waals surface area (Å²) in [5.41, 5.74) is 0. The Morgan fingerprint density at radius 3 is 2.94 bits per heavy atom. The van der Waals surface area contributed by atoms with E-state index >= 15 is 0 Å². The minimum Gasteiger partial charge on any atom is -0.481 e. The van der Waals surface area contributed by atoms with Gasteiger partial charge in [-0.25, -0.2) is 4.79 Å². The van der Waals surface area contributed by atoms with Gasteiger partial charge in [-0.05, 0) is 30.3 Å². The molecule has 0 saturated heterocycles. The molecular weight excluding hydrogens is 260 g/mol. The third-order valence-electron chi connectivity index (χ3n) is 2.09. The smallest absolute Gasteiger partial charge is 0.377 e. The van der Waals surface area contributed by atoms with Gasteiger partial charge in [-0.3, -0.25) is 0 Å². The molecule has 0 aliphatic rings. The summed E-state index contributed by atoms with van der Waals surface area (Å²) in [5, 5.41) is 12.5. The first-order valence-electron chi connectivity index (χ1n) is 5.05. The van der Waals surface area contributed by atoms with Gasteiger partial charge in [0.15, 0.2) is 6.10 Å². The van der Waals surface area contributed by atoms with E-state index in [1.54, 1.807) is 31.2 Å². The predicted octanol–water partition coefficient (Wildman–Crippen LogP) is 2.56. The molecule has 0 radical (unpaired) electrons. The molecule has 2 rings (SSSR count). The summed E-state index contributed by atoms with van der Waals surface area (Å²) in [6.45, 7) is 1.67. The van der Waals surface area contributed by atoms with Crippen molar-refractivity contribution in [3.05, 3.63) is 41.0 Å². The second kappa shape index (κ2) is 5.05. The van der Waals surface area contributed by atoms with Gasteiger partial charge in [-0.15, -0.1) is 0 Å². The minimum absolute atomic E-state index is 0.0902. The molecule has 2 aromatic rings. The first kappa shape index (κ1) is 12.4. The van der Waals surface area contributed by atoms with Gasteiger partial charge in [-0.2, -0.15) is 4.98 Å². The van der Waals surface area contributed by atoms with Crippen molar-refractivity contribution in [3.63, 3.8) is 0 Å². The van der Waals surface area contributed by atoms with Crippen molar-refractivity contribution in [2.75, 3.05) is 0 Å². The second-order valence-electron chi connectivity index (χ2n) is 3.48. The molecular formula is C11H9ClN2O4. The molecule has 0 aliphatic heterocycles. The molecule has 0 spiro atoms. The number of halogens is 1. The maximum absolute atomic E-state index is 10.6. The van der Waals surface area contributed by atoms with Crippen LogP contribution in [0.5, 0.6) is 5.75 Å². The summed E-state index contributed by atoms with van der Waals surface area (Å²) < 4.78 is 10.3. The van der Waals surface area contributed by atoms with Crippen LogP contribution in [0.2, 0.25) is 5.02 Å². The van der Waals surface area contributed by atoms with Crippen LogP contribution in [0.4, 0.5) is 0 Å². The summed E-state index contributed by atoms with van der Waals surface area (Å²) in [7, 11) is 0. The monoisotopic (exact) mass is 268 g/mol. The van der Waals surface area contributed by atoms with Crippen molar-refractivity contribution < 1.29 is 19.2 Å². The number of benzene rings is 1. The summed E-state index contributed by atoms with van der Waals surface area (Å²) in [4.78, 5) is 14.3. The average Bonchev–Trinajstić information content (AvgIpc) is 2.78.